The topological polar surface area (TPSA) is 0 Å². The normalized spacial score (nSPS) is 14.2. The van der Waals surface area contributed by atoms with Crippen LogP contribution in [-0.4, -0.2) is 0 Å². The number of fused-ring (bicyclic) bond motifs is 3. The molecule has 0 saturated carbocycles. The Hall–Kier alpha value is -5.70. The highest BCUT2D eigenvalue weighted by molar-refractivity contribution is 6.30. The van der Waals surface area contributed by atoms with E-state index in [4.69, 9.17) is 0 Å². The van der Waals surface area contributed by atoms with E-state index in [1.165, 1.54) is 46.5 Å². The van der Waals surface area contributed by atoms with E-state index in [0.717, 1.165) is 66.8 Å². The highest BCUT2D eigenvalue weighted by atomic mass is 19.1. The molecule has 2 aliphatic carbocycles. The van der Waals surface area contributed by atoms with E-state index in [-0.39, 0.29) is 33.3 Å². The van der Waals surface area contributed by atoms with Gasteiger partial charge >= 0.3 is 0 Å². The summed E-state index contributed by atoms with van der Waals surface area (Å²) in [6.07, 6.45) is 0. The summed E-state index contributed by atoms with van der Waals surface area (Å²) >= 11 is 0. The minimum absolute atomic E-state index is 0.118. The van der Waals surface area contributed by atoms with Crippen LogP contribution < -0.4 is 0 Å². The van der Waals surface area contributed by atoms with Crippen LogP contribution in [0.1, 0.15) is 139 Å². The second kappa shape index (κ2) is 14.6. The van der Waals surface area contributed by atoms with Crippen molar-refractivity contribution in [3.63, 3.8) is 0 Å². The predicted octanol–water partition coefficient (Wildman–Crippen LogP) is 14.4. The van der Waals surface area contributed by atoms with Gasteiger partial charge in [0.25, 0.3) is 0 Å². The van der Waals surface area contributed by atoms with Crippen molar-refractivity contribution in [1.29, 1.82) is 0 Å². The second-order valence-electron chi connectivity index (χ2n) is 19.9. The fourth-order valence-electron chi connectivity index (χ4n) is 7.64. The van der Waals surface area contributed by atoms with Gasteiger partial charge in [-0.1, -0.05) is 167 Å². The lowest BCUT2D eigenvalue weighted by molar-refractivity contribution is 0.567. The van der Waals surface area contributed by atoms with Crippen molar-refractivity contribution >= 4 is 22.3 Å². The van der Waals surface area contributed by atoms with Crippen molar-refractivity contribution in [2.75, 3.05) is 0 Å². The van der Waals surface area contributed by atoms with Crippen LogP contribution in [0.3, 0.4) is 0 Å². The summed E-state index contributed by atoms with van der Waals surface area (Å²) in [7, 11) is 0. The van der Waals surface area contributed by atoms with Gasteiger partial charge in [-0.05, 0) is 115 Å². The highest BCUT2D eigenvalue weighted by Crippen LogP contribution is 2.58. The zero-order valence-corrected chi connectivity index (χ0v) is 36.1. The molecule has 0 fully saturated rings. The Kier molecular flexibility index (Phi) is 10.2. The largest absolute Gasteiger partial charge is 0.207 e. The van der Waals surface area contributed by atoms with Crippen molar-refractivity contribution in [2.45, 2.75) is 105 Å². The monoisotopic (exact) mass is 764 g/mol. The van der Waals surface area contributed by atoms with E-state index < -0.39 is 0 Å². The third-order valence-corrected chi connectivity index (χ3v) is 11.2. The molecule has 0 unspecified atom stereocenters. The Morgan fingerprint density at radius 3 is 1.10 bits per heavy atom. The van der Waals surface area contributed by atoms with Gasteiger partial charge in [0.05, 0.1) is 0 Å². The van der Waals surface area contributed by atoms with Crippen LogP contribution >= 0.6 is 0 Å². The van der Waals surface area contributed by atoms with Crippen LogP contribution in [0.2, 0.25) is 0 Å². The number of benzene rings is 5. The van der Waals surface area contributed by atoms with Gasteiger partial charge in [-0.3, -0.25) is 0 Å². The highest BCUT2D eigenvalue weighted by Gasteiger charge is 2.40. The number of rotatable bonds is 2. The fourth-order valence-corrected chi connectivity index (χ4v) is 7.64. The maximum Gasteiger partial charge on any atom is 0.123 e. The summed E-state index contributed by atoms with van der Waals surface area (Å²) in [6, 6.07) is 35.5. The Bertz CT molecular complexity index is 2610. The van der Waals surface area contributed by atoms with Gasteiger partial charge in [0, 0.05) is 44.6 Å². The van der Waals surface area contributed by atoms with Crippen LogP contribution in [0.15, 0.2) is 120 Å². The SMILES string of the molecule is CC(C)(C)c1cc(C2=C(C#Cc3ccc(F)cc3)C(c3cc(C(C)(C)C)cc(C(C)(C)C)c3)=C3C2=C(C#Cc2ccc(F)cc2)c2ccccc23)cc(C(C)(C)C)c1. The van der Waals surface area contributed by atoms with Gasteiger partial charge < -0.3 is 0 Å². The quantitative estimate of drug-likeness (QED) is 0.157. The van der Waals surface area contributed by atoms with Gasteiger partial charge in [0.15, 0.2) is 0 Å². The third kappa shape index (κ3) is 8.04. The first kappa shape index (κ1) is 40.5. The lowest BCUT2D eigenvalue weighted by Crippen LogP contribution is -2.17. The van der Waals surface area contributed by atoms with Crippen LogP contribution in [0.4, 0.5) is 8.78 Å². The smallest absolute Gasteiger partial charge is 0.123 e. The van der Waals surface area contributed by atoms with Crippen molar-refractivity contribution in [2.24, 2.45) is 0 Å². The molecule has 0 heterocycles. The Morgan fingerprint density at radius 1 is 0.345 bits per heavy atom. The summed E-state index contributed by atoms with van der Waals surface area (Å²) in [4.78, 5) is 0. The van der Waals surface area contributed by atoms with E-state index in [1.807, 2.05) is 0 Å². The van der Waals surface area contributed by atoms with Crippen LogP contribution in [0, 0.1) is 35.3 Å². The molecule has 0 atom stereocenters. The third-order valence-electron chi connectivity index (χ3n) is 11.2. The first-order valence-corrected chi connectivity index (χ1v) is 20.3. The number of halogens is 2. The average Bonchev–Trinajstić information content (AvgIpc) is 3.64. The molecule has 0 bridgehead atoms. The first-order chi connectivity index (χ1) is 27.1. The maximum absolute atomic E-state index is 14.2. The molecule has 7 rings (SSSR count). The van der Waals surface area contributed by atoms with Gasteiger partial charge in [0.1, 0.15) is 11.6 Å². The molecule has 0 radical (unpaired) electrons. The number of allylic oxidation sites excluding steroid dienone is 6. The van der Waals surface area contributed by atoms with E-state index in [1.54, 1.807) is 24.3 Å². The number of hydrogen-bond donors (Lipinski definition) is 0. The fraction of sp³-hybridized carbons (Fsp3) is 0.286. The van der Waals surface area contributed by atoms with Crippen molar-refractivity contribution in [3.05, 3.63) is 188 Å². The molecule has 0 N–H and O–H groups in total. The molecule has 0 aliphatic heterocycles. The van der Waals surface area contributed by atoms with Crippen LogP contribution in [-0.2, 0) is 21.7 Å². The standard InChI is InChI=1S/C56H54F2/c1-53(2,3)39-29-37(30-40(33-39)54(4,5)6)49-48(28-22-36-19-25-44(58)26-20-36)50(38-31-41(55(7,8)9)34-42(32-38)56(10,11)12)52-47(27-21-35-17-23-43(57)24-18-35)45-15-13-14-16-46(45)51(49)52/h13-20,23-26,29-34H,1-12H3. The van der Waals surface area contributed by atoms with Crippen molar-refractivity contribution in [1.82, 2.24) is 0 Å². The van der Waals surface area contributed by atoms with E-state index in [2.05, 4.69) is 167 Å². The van der Waals surface area contributed by atoms with E-state index >= 15 is 0 Å². The van der Waals surface area contributed by atoms with Gasteiger partial charge in [-0.15, -0.1) is 0 Å². The molecule has 292 valence electrons. The van der Waals surface area contributed by atoms with Crippen LogP contribution in [0.25, 0.3) is 22.3 Å². The summed E-state index contributed by atoms with van der Waals surface area (Å²) in [6.45, 7) is 27.2. The molecule has 58 heavy (non-hydrogen) atoms. The summed E-state index contributed by atoms with van der Waals surface area (Å²) in [5.41, 5.74) is 16.4. The molecule has 0 nitrogen and oxygen atoms in total. The average molecular weight is 765 g/mol. The zero-order chi connectivity index (χ0) is 41.9. The summed E-state index contributed by atoms with van der Waals surface area (Å²) in [5, 5.41) is 0. The summed E-state index contributed by atoms with van der Waals surface area (Å²) in [5.74, 6) is 13.7. The minimum atomic E-state index is -0.294. The molecule has 0 aromatic heterocycles. The Labute approximate surface area is 345 Å². The van der Waals surface area contributed by atoms with E-state index in [0.29, 0.717) is 0 Å². The van der Waals surface area contributed by atoms with Gasteiger partial charge in [0.2, 0.25) is 0 Å². The predicted molar refractivity (Wildman–Crippen MR) is 241 cm³/mol. The summed E-state index contributed by atoms with van der Waals surface area (Å²) < 4.78 is 28.2. The molecule has 5 aromatic rings. The minimum Gasteiger partial charge on any atom is -0.207 e. The van der Waals surface area contributed by atoms with Gasteiger partial charge in [-0.25, -0.2) is 8.78 Å². The maximum atomic E-state index is 14.2. The molecule has 0 saturated heterocycles. The lowest BCUT2D eigenvalue weighted by atomic mass is 9.77. The number of hydrogen-bond acceptors (Lipinski definition) is 0. The van der Waals surface area contributed by atoms with Crippen molar-refractivity contribution in [3.8, 4) is 23.7 Å². The van der Waals surface area contributed by atoms with Gasteiger partial charge in [-0.2, -0.15) is 0 Å². The molecular formula is C56H54F2. The molecule has 0 amide bonds. The van der Waals surface area contributed by atoms with Crippen molar-refractivity contribution < 1.29 is 8.78 Å². The molecule has 5 aromatic carbocycles. The Morgan fingerprint density at radius 2 is 0.707 bits per heavy atom. The zero-order valence-electron chi connectivity index (χ0n) is 36.1. The van der Waals surface area contributed by atoms with E-state index in [9.17, 15) is 8.78 Å². The second-order valence-corrected chi connectivity index (χ2v) is 19.9. The van der Waals surface area contributed by atoms with Crippen LogP contribution in [0.5, 0.6) is 0 Å². The Balaban J connectivity index is 1.70. The first-order valence-electron chi connectivity index (χ1n) is 20.3. The molecular weight excluding hydrogens is 711 g/mol. The molecule has 0 spiro atoms. The molecule has 2 heteroatoms. The molecule has 2 aliphatic rings. The lowest BCUT2D eigenvalue weighted by Gasteiger charge is -2.27.